The van der Waals surface area contributed by atoms with Crippen molar-refractivity contribution in [2.45, 2.75) is 45.6 Å². The van der Waals surface area contributed by atoms with Crippen LogP contribution in [0.3, 0.4) is 0 Å². The van der Waals surface area contributed by atoms with Crippen LogP contribution in [0, 0.1) is 11.8 Å². The van der Waals surface area contributed by atoms with Gasteiger partial charge in [-0.3, -0.25) is 9.59 Å². The Bertz CT molecular complexity index is 294. The molecule has 0 radical (unpaired) electrons. The SMILES string of the molecule is CCNCC(C)C(=O)NC1CCCCC1C(=O)O. The summed E-state index contributed by atoms with van der Waals surface area (Å²) in [6, 6.07) is -0.201. The van der Waals surface area contributed by atoms with Crippen molar-refractivity contribution in [2.24, 2.45) is 11.8 Å². The lowest BCUT2D eigenvalue weighted by Gasteiger charge is -2.30. The average Bonchev–Trinajstić information content (AvgIpc) is 2.36. The minimum absolute atomic E-state index is 0.0471. The molecule has 5 heteroatoms. The van der Waals surface area contributed by atoms with E-state index in [2.05, 4.69) is 10.6 Å². The smallest absolute Gasteiger partial charge is 0.308 e. The Kier molecular flexibility index (Phi) is 6.12. The third-order valence-electron chi connectivity index (χ3n) is 3.56. The first-order chi connectivity index (χ1) is 8.56. The first kappa shape index (κ1) is 15.0. The van der Waals surface area contributed by atoms with Gasteiger partial charge in [-0.25, -0.2) is 0 Å². The number of amides is 1. The van der Waals surface area contributed by atoms with Crippen molar-refractivity contribution >= 4 is 11.9 Å². The second-order valence-electron chi connectivity index (χ2n) is 5.05. The lowest BCUT2D eigenvalue weighted by atomic mass is 9.84. The number of aliphatic carboxylic acids is 1. The summed E-state index contributed by atoms with van der Waals surface area (Å²) in [7, 11) is 0. The lowest BCUT2D eigenvalue weighted by Crippen LogP contribution is -2.48. The van der Waals surface area contributed by atoms with Gasteiger partial charge in [0.05, 0.1) is 5.92 Å². The van der Waals surface area contributed by atoms with Crippen molar-refractivity contribution in [3.63, 3.8) is 0 Å². The molecule has 5 nitrogen and oxygen atoms in total. The van der Waals surface area contributed by atoms with Gasteiger partial charge in [0.25, 0.3) is 0 Å². The van der Waals surface area contributed by atoms with Crippen LogP contribution in [0.15, 0.2) is 0 Å². The van der Waals surface area contributed by atoms with Crippen LogP contribution in [-0.2, 0) is 9.59 Å². The predicted molar refractivity (Wildman–Crippen MR) is 69.2 cm³/mol. The van der Waals surface area contributed by atoms with Crippen LogP contribution < -0.4 is 10.6 Å². The van der Waals surface area contributed by atoms with E-state index >= 15 is 0 Å². The molecule has 3 unspecified atom stereocenters. The van der Waals surface area contributed by atoms with Gasteiger partial charge >= 0.3 is 5.97 Å². The van der Waals surface area contributed by atoms with Crippen LogP contribution in [0.2, 0.25) is 0 Å². The summed E-state index contributed by atoms with van der Waals surface area (Å²) in [6.07, 6.45) is 3.38. The summed E-state index contributed by atoms with van der Waals surface area (Å²) in [5, 5.41) is 15.2. The Morgan fingerprint density at radius 3 is 2.61 bits per heavy atom. The number of carbonyl (C=O) groups excluding carboxylic acids is 1. The second kappa shape index (κ2) is 7.36. The van der Waals surface area contributed by atoms with Gasteiger partial charge in [-0.2, -0.15) is 0 Å². The molecular formula is C13H24N2O3. The van der Waals surface area contributed by atoms with E-state index in [-0.39, 0.29) is 17.9 Å². The molecule has 1 aliphatic rings. The van der Waals surface area contributed by atoms with E-state index in [1.807, 2.05) is 13.8 Å². The molecule has 1 amide bonds. The van der Waals surface area contributed by atoms with E-state index in [0.717, 1.165) is 25.8 Å². The number of nitrogens with one attached hydrogen (secondary N) is 2. The van der Waals surface area contributed by atoms with Crippen LogP contribution in [0.1, 0.15) is 39.5 Å². The van der Waals surface area contributed by atoms with Crippen molar-refractivity contribution in [1.29, 1.82) is 0 Å². The summed E-state index contributed by atoms with van der Waals surface area (Å²) in [5.74, 6) is -1.39. The molecule has 0 saturated heterocycles. The van der Waals surface area contributed by atoms with E-state index in [9.17, 15) is 9.59 Å². The first-order valence-electron chi connectivity index (χ1n) is 6.80. The summed E-state index contributed by atoms with van der Waals surface area (Å²) in [5.41, 5.74) is 0. The van der Waals surface area contributed by atoms with Gasteiger partial charge in [-0.1, -0.05) is 26.7 Å². The van der Waals surface area contributed by atoms with Gasteiger partial charge in [-0.05, 0) is 19.4 Å². The molecule has 1 aliphatic carbocycles. The fraction of sp³-hybridized carbons (Fsp3) is 0.846. The van der Waals surface area contributed by atoms with Gasteiger partial charge in [0.2, 0.25) is 5.91 Å². The normalized spacial score (nSPS) is 25.4. The number of carboxylic acids is 1. The van der Waals surface area contributed by atoms with Crippen LogP contribution in [-0.4, -0.2) is 36.1 Å². The molecular weight excluding hydrogens is 232 g/mol. The van der Waals surface area contributed by atoms with Gasteiger partial charge in [0.15, 0.2) is 0 Å². The maximum Gasteiger partial charge on any atom is 0.308 e. The van der Waals surface area contributed by atoms with Crippen LogP contribution in [0.25, 0.3) is 0 Å². The van der Waals surface area contributed by atoms with Crippen LogP contribution in [0.5, 0.6) is 0 Å². The standard InChI is InChI=1S/C13H24N2O3/c1-3-14-8-9(2)12(16)15-11-7-5-4-6-10(11)13(17)18/h9-11,14H,3-8H2,1-2H3,(H,15,16)(H,17,18). The zero-order valence-corrected chi connectivity index (χ0v) is 11.2. The highest BCUT2D eigenvalue weighted by Gasteiger charge is 2.32. The number of hydrogen-bond acceptors (Lipinski definition) is 3. The molecule has 0 bridgehead atoms. The maximum atomic E-state index is 11.9. The minimum Gasteiger partial charge on any atom is -0.481 e. The van der Waals surface area contributed by atoms with E-state index in [1.165, 1.54) is 0 Å². The van der Waals surface area contributed by atoms with Crippen molar-refractivity contribution < 1.29 is 14.7 Å². The van der Waals surface area contributed by atoms with Gasteiger partial charge in [-0.15, -0.1) is 0 Å². The average molecular weight is 256 g/mol. The third-order valence-corrected chi connectivity index (χ3v) is 3.56. The Morgan fingerprint density at radius 2 is 2.00 bits per heavy atom. The second-order valence-corrected chi connectivity index (χ2v) is 5.05. The fourth-order valence-electron chi connectivity index (χ4n) is 2.38. The molecule has 1 fully saturated rings. The molecule has 0 aliphatic heterocycles. The topological polar surface area (TPSA) is 78.4 Å². The Labute approximate surface area is 108 Å². The highest BCUT2D eigenvalue weighted by atomic mass is 16.4. The Morgan fingerprint density at radius 1 is 1.33 bits per heavy atom. The summed E-state index contributed by atoms with van der Waals surface area (Å²) < 4.78 is 0. The van der Waals surface area contributed by atoms with Gasteiger partial charge < -0.3 is 15.7 Å². The predicted octanol–water partition coefficient (Wildman–Crippen LogP) is 0.992. The molecule has 0 heterocycles. The molecule has 104 valence electrons. The molecule has 1 saturated carbocycles. The zero-order chi connectivity index (χ0) is 13.5. The van der Waals surface area contributed by atoms with Gasteiger partial charge in [0, 0.05) is 18.5 Å². The van der Waals surface area contributed by atoms with Crippen molar-refractivity contribution in [2.75, 3.05) is 13.1 Å². The maximum absolute atomic E-state index is 11.9. The lowest BCUT2D eigenvalue weighted by molar-refractivity contribution is -0.144. The molecule has 1 rings (SSSR count). The number of rotatable bonds is 6. The summed E-state index contributed by atoms with van der Waals surface area (Å²) in [6.45, 7) is 5.31. The Hall–Kier alpha value is -1.10. The first-order valence-corrected chi connectivity index (χ1v) is 6.80. The van der Waals surface area contributed by atoms with Crippen molar-refractivity contribution in [3.8, 4) is 0 Å². The number of carboxylic acid groups (broad SMARTS) is 1. The highest BCUT2D eigenvalue weighted by molar-refractivity contribution is 5.80. The molecule has 3 atom stereocenters. The van der Waals surface area contributed by atoms with E-state index in [4.69, 9.17) is 5.11 Å². The van der Waals surface area contributed by atoms with Crippen LogP contribution >= 0.6 is 0 Å². The molecule has 0 spiro atoms. The monoisotopic (exact) mass is 256 g/mol. The van der Waals surface area contributed by atoms with E-state index in [1.54, 1.807) is 0 Å². The quantitative estimate of drug-likeness (QED) is 0.662. The summed E-state index contributed by atoms with van der Waals surface area (Å²) >= 11 is 0. The van der Waals surface area contributed by atoms with E-state index < -0.39 is 11.9 Å². The zero-order valence-electron chi connectivity index (χ0n) is 11.2. The molecule has 18 heavy (non-hydrogen) atoms. The molecule has 3 N–H and O–H groups in total. The Balaban J connectivity index is 2.48. The minimum atomic E-state index is -0.792. The van der Waals surface area contributed by atoms with Gasteiger partial charge in [0.1, 0.15) is 0 Å². The number of carbonyl (C=O) groups is 2. The molecule has 0 aromatic heterocycles. The molecule has 0 aromatic carbocycles. The van der Waals surface area contributed by atoms with Crippen molar-refractivity contribution in [3.05, 3.63) is 0 Å². The molecule has 0 aromatic rings. The fourth-order valence-corrected chi connectivity index (χ4v) is 2.38. The third kappa shape index (κ3) is 4.29. The van der Waals surface area contributed by atoms with Crippen LogP contribution in [0.4, 0.5) is 0 Å². The highest BCUT2D eigenvalue weighted by Crippen LogP contribution is 2.24. The van der Waals surface area contributed by atoms with Crippen molar-refractivity contribution in [1.82, 2.24) is 10.6 Å². The number of hydrogen-bond donors (Lipinski definition) is 3. The summed E-state index contributed by atoms with van der Waals surface area (Å²) in [4.78, 5) is 23.1. The van der Waals surface area contributed by atoms with E-state index in [0.29, 0.717) is 13.0 Å². The largest absolute Gasteiger partial charge is 0.481 e.